The molecular weight excluding hydrogens is 339 g/mol. The van der Waals surface area contributed by atoms with E-state index in [-0.39, 0.29) is 24.0 Å². The van der Waals surface area contributed by atoms with Crippen LogP contribution in [0.25, 0.3) is 6.08 Å². The maximum absolute atomic E-state index is 13.0. The molecule has 1 aliphatic rings. The van der Waals surface area contributed by atoms with E-state index in [1.165, 1.54) is 12.1 Å². The van der Waals surface area contributed by atoms with Crippen molar-refractivity contribution < 1.29 is 28.2 Å². The highest BCUT2D eigenvalue weighted by atomic mass is 19.1. The molecule has 1 aliphatic heterocycles. The van der Waals surface area contributed by atoms with Crippen LogP contribution < -0.4 is 9.47 Å². The average Bonchev–Trinajstić information content (AvgIpc) is 2.92. The lowest BCUT2D eigenvalue weighted by molar-refractivity contribution is -0.150. The van der Waals surface area contributed by atoms with Gasteiger partial charge in [-0.3, -0.25) is 4.79 Å². The lowest BCUT2D eigenvalue weighted by atomic mass is 10.1. The second-order valence-corrected chi connectivity index (χ2v) is 5.66. The molecule has 5 nitrogen and oxygen atoms in total. The number of fused-ring (bicyclic) bond motifs is 1. The summed E-state index contributed by atoms with van der Waals surface area (Å²) < 4.78 is 29.0. The minimum Gasteiger partial charge on any atom is -0.479 e. The van der Waals surface area contributed by atoms with Gasteiger partial charge in [-0.25, -0.2) is 9.18 Å². The van der Waals surface area contributed by atoms with Crippen LogP contribution in [0.1, 0.15) is 29.8 Å². The Hall–Kier alpha value is -3.15. The van der Waals surface area contributed by atoms with Crippen LogP contribution in [0.4, 0.5) is 4.39 Å². The third kappa shape index (κ3) is 3.74. The molecule has 0 spiro atoms. The predicted octanol–water partition coefficient (Wildman–Crippen LogP) is 3.77. The number of halogens is 1. The number of ether oxygens (including phenoxy) is 3. The van der Waals surface area contributed by atoms with Crippen molar-refractivity contribution in [1.29, 1.82) is 0 Å². The first-order chi connectivity index (χ1) is 12.5. The second-order valence-electron chi connectivity index (χ2n) is 5.66. The Kier molecular flexibility index (Phi) is 5.02. The molecule has 26 heavy (non-hydrogen) atoms. The standard InChI is InChI=1S/C20H17FO5/c1-3-24-20(23)12(2)25-15-8-9-16-17(11-15)26-18(19(16)22)10-13-4-6-14(21)7-5-13/h4-12H,3H2,1-2H3/t12-/m0/s1. The van der Waals surface area contributed by atoms with Crippen LogP contribution in [0, 0.1) is 5.82 Å². The van der Waals surface area contributed by atoms with E-state index in [0.717, 1.165) is 0 Å². The molecule has 2 aromatic carbocycles. The molecule has 2 aromatic rings. The quantitative estimate of drug-likeness (QED) is 0.603. The van der Waals surface area contributed by atoms with Crippen LogP contribution >= 0.6 is 0 Å². The number of allylic oxidation sites excluding steroid dienone is 1. The molecule has 0 aromatic heterocycles. The molecular formula is C20H17FO5. The molecule has 134 valence electrons. The number of hydrogen-bond donors (Lipinski definition) is 0. The molecule has 6 heteroatoms. The molecule has 0 fully saturated rings. The molecule has 0 bridgehead atoms. The number of rotatable bonds is 5. The van der Waals surface area contributed by atoms with Gasteiger partial charge >= 0.3 is 5.97 Å². The Bertz CT molecular complexity index is 870. The first-order valence-electron chi connectivity index (χ1n) is 8.15. The van der Waals surface area contributed by atoms with Crippen molar-refractivity contribution >= 4 is 17.8 Å². The van der Waals surface area contributed by atoms with Gasteiger partial charge in [-0.1, -0.05) is 12.1 Å². The Balaban J connectivity index is 1.77. The third-order valence-corrected chi connectivity index (χ3v) is 3.74. The van der Waals surface area contributed by atoms with E-state index < -0.39 is 12.1 Å². The zero-order valence-corrected chi connectivity index (χ0v) is 14.3. The molecule has 1 heterocycles. The summed E-state index contributed by atoms with van der Waals surface area (Å²) in [5.41, 5.74) is 1.05. The van der Waals surface area contributed by atoms with E-state index >= 15 is 0 Å². The minimum absolute atomic E-state index is 0.141. The maximum Gasteiger partial charge on any atom is 0.347 e. The van der Waals surface area contributed by atoms with Crippen LogP contribution in [0.2, 0.25) is 0 Å². The van der Waals surface area contributed by atoms with Gasteiger partial charge in [0.15, 0.2) is 11.9 Å². The summed E-state index contributed by atoms with van der Waals surface area (Å²) in [7, 11) is 0. The third-order valence-electron chi connectivity index (χ3n) is 3.74. The Labute approximate surface area is 150 Å². The van der Waals surface area contributed by atoms with Gasteiger partial charge in [0, 0.05) is 6.07 Å². The van der Waals surface area contributed by atoms with Gasteiger partial charge in [0.2, 0.25) is 5.78 Å². The van der Waals surface area contributed by atoms with Crippen molar-refractivity contribution in [2.45, 2.75) is 20.0 Å². The van der Waals surface area contributed by atoms with Crippen molar-refractivity contribution in [3.8, 4) is 11.5 Å². The highest BCUT2D eigenvalue weighted by Gasteiger charge is 2.28. The molecule has 0 unspecified atom stereocenters. The smallest absolute Gasteiger partial charge is 0.347 e. The fourth-order valence-electron chi connectivity index (χ4n) is 2.46. The summed E-state index contributed by atoms with van der Waals surface area (Å²) in [6.45, 7) is 3.57. The van der Waals surface area contributed by atoms with Crippen LogP contribution in [0.3, 0.4) is 0 Å². The summed E-state index contributed by atoms with van der Waals surface area (Å²) in [5.74, 6) is -0.220. The number of Topliss-reactive ketones (excluding diaryl/α,β-unsaturated/α-hetero) is 1. The zero-order chi connectivity index (χ0) is 18.7. The summed E-state index contributed by atoms with van der Waals surface area (Å²) in [4.78, 5) is 24.1. The highest BCUT2D eigenvalue weighted by Crippen LogP contribution is 2.35. The topological polar surface area (TPSA) is 61.8 Å². The van der Waals surface area contributed by atoms with Gasteiger partial charge in [-0.15, -0.1) is 0 Å². The Morgan fingerprint density at radius 2 is 1.96 bits per heavy atom. The molecule has 0 saturated carbocycles. The lowest BCUT2D eigenvalue weighted by Crippen LogP contribution is -2.26. The van der Waals surface area contributed by atoms with E-state index in [9.17, 15) is 14.0 Å². The van der Waals surface area contributed by atoms with Crippen LogP contribution in [0.5, 0.6) is 11.5 Å². The number of benzene rings is 2. The summed E-state index contributed by atoms with van der Waals surface area (Å²) in [6, 6.07) is 10.4. The number of carbonyl (C=O) groups is 2. The van der Waals surface area contributed by atoms with E-state index in [1.54, 1.807) is 50.3 Å². The van der Waals surface area contributed by atoms with Gasteiger partial charge in [-0.05, 0) is 49.8 Å². The van der Waals surface area contributed by atoms with Gasteiger partial charge < -0.3 is 14.2 Å². The summed E-state index contributed by atoms with van der Waals surface area (Å²) in [6.07, 6.45) is 0.767. The fraction of sp³-hybridized carbons (Fsp3) is 0.200. The molecule has 0 saturated heterocycles. The minimum atomic E-state index is -0.778. The number of carbonyl (C=O) groups excluding carboxylic acids is 2. The largest absolute Gasteiger partial charge is 0.479 e. The van der Waals surface area contributed by atoms with Gasteiger partial charge in [-0.2, -0.15) is 0 Å². The molecule has 0 radical (unpaired) electrons. The average molecular weight is 356 g/mol. The SMILES string of the molecule is CCOC(=O)[C@H](C)Oc1ccc2c(c1)OC(=Cc1ccc(F)cc1)C2=O. The van der Waals surface area contributed by atoms with Crippen LogP contribution in [-0.2, 0) is 9.53 Å². The van der Waals surface area contributed by atoms with E-state index in [2.05, 4.69) is 0 Å². The van der Waals surface area contributed by atoms with Crippen LogP contribution in [0.15, 0.2) is 48.2 Å². The fourth-order valence-corrected chi connectivity index (χ4v) is 2.46. The van der Waals surface area contributed by atoms with Crippen molar-refractivity contribution in [2.75, 3.05) is 6.61 Å². The molecule has 0 N–H and O–H groups in total. The normalized spacial score (nSPS) is 15.3. The van der Waals surface area contributed by atoms with E-state index in [1.807, 2.05) is 0 Å². The number of ketones is 1. The summed E-state index contributed by atoms with van der Waals surface area (Å²) >= 11 is 0. The van der Waals surface area contributed by atoms with E-state index in [4.69, 9.17) is 14.2 Å². The second kappa shape index (κ2) is 7.39. The molecule has 0 amide bonds. The van der Waals surface area contributed by atoms with Crippen molar-refractivity contribution in [3.63, 3.8) is 0 Å². The van der Waals surface area contributed by atoms with Crippen molar-refractivity contribution in [2.24, 2.45) is 0 Å². The first-order valence-corrected chi connectivity index (χ1v) is 8.15. The lowest BCUT2D eigenvalue weighted by Gasteiger charge is -2.13. The van der Waals surface area contributed by atoms with Gasteiger partial charge in [0.1, 0.15) is 17.3 Å². The first kappa shape index (κ1) is 17.7. The van der Waals surface area contributed by atoms with Crippen molar-refractivity contribution in [1.82, 2.24) is 0 Å². The van der Waals surface area contributed by atoms with E-state index in [0.29, 0.717) is 22.6 Å². The maximum atomic E-state index is 13.0. The molecule has 3 rings (SSSR count). The predicted molar refractivity (Wildman–Crippen MR) is 92.5 cm³/mol. The number of esters is 1. The van der Waals surface area contributed by atoms with Crippen molar-refractivity contribution in [3.05, 3.63) is 65.2 Å². The molecule has 1 atom stereocenters. The van der Waals surface area contributed by atoms with Gasteiger partial charge in [0.25, 0.3) is 0 Å². The Morgan fingerprint density at radius 1 is 1.23 bits per heavy atom. The number of hydrogen-bond acceptors (Lipinski definition) is 5. The Morgan fingerprint density at radius 3 is 2.65 bits per heavy atom. The van der Waals surface area contributed by atoms with Gasteiger partial charge in [0.05, 0.1) is 12.2 Å². The van der Waals surface area contributed by atoms with Crippen LogP contribution in [-0.4, -0.2) is 24.5 Å². The zero-order valence-electron chi connectivity index (χ0n) is 14.3. The monoisotopic (exact) mass is 356 g/mol. The highest BCUT2D eigenvalue weighted by molar-refractivity contribution is 6.14. The molecule has 0 aliphatic carbocycles. The summed E-state index contributed by atoms with van der Waals surface area (Å²) in [5, 5.41) is 0.